The van der Waals surface area contributed by atoms with Gasteiger partial charge in [0.1, 0.15) is 22.6 Å². The lowest BCUT2D eigenvalue weighted by Gasteiger charge is -2.14. The van der Waals surface area contributed by atoms with Gasteiger partial charge in [0, 0.05) is 35.8 Å². The van der Waals surface area contributed by atoms with E-state index in [-0.39, 0.29) is 36.2 Å². The second-order valence-electron chi connectivity index (χ2n) is 7.26. The van der Waals surface area contributed by atoms with E-state index in [1.54, 1.807) is 18.3 Å². The Kier molecular flexibility index (Phi) is 6.59. The van der Waals surface area contributed by atoms with Crippen molar-refractivity contribution in [2.24, 2.45) is 0 Å². The zero-order valence-electron chi connectivity index (χ0n) is 17.6. The normalized spacial score (nSPS) is 15.3. The molecule has 2 N–H and O–H groups in total. The van der Waals surface area contributed by atoms with Gasteiger partial charge in [-0.2, -0.15) is 0 Å². The summed E-state index contributed by atoms with van der Waals surface area (Å²) in [6.07, 6.45) is 1.97. The predicted octanol–water partition coefficient (Wildman–Crippen LogP) is 2.74. The first-order chi connectivity index (χ1) is 15.9. The van der Waals surface area contributed by atoms with Crippen LogP contribution >= 0.6 is 11.3 Å². The number of hydrogen-bond acceptors (Lipinski definition) is 7. The molecule has 4 rings (SSSR count). The van der Waals surface area contributed by atoms with Crippen molar-refractivity contribution in [3.05, 3.63) is 64.6 Å². The van der Waals surface area contributed by atoms with Gasteiger partial charge in [-0.3, -0.25) is 19.5 Å². The van der Waals surface area contributed by atoms with Crippen molar-refractivity contribution in [2.45, 2.75) is 19.6 Å². The Morgan fingerprint density at radius 3 is 2.76 bits per heavy atom. The van der Waals surface area contributed by atoms with Gasteiger partial charge in [0.25, 0.3) is 5.91 Å². The van der Waals surface area contributed by atoms with Gasteiger partial charge in [0.05, 0.1) is 25.3 Å². The van der Waals surface area contributed by atoms with E-state index in [0.29, 0.717) is 17.8 Å². The van der Waals surface area contributed by atoms with Crippen molar-refractivity contribution in [3.63, 3.8) is 0 Å². The number of pyridine rings is 1. The Labute approximate surface area is 192 Å². The van der Waals surface area contributed by atoms with Gasteiger partial charge in [-0.15, -0.1) is 11.3 Å². The summed E-state index contributed by atoms with van der Waals surface area (Å²) in [5, 5.41) is 7.94. The largest absolute Gasteiger partial charge is 0.442 e. The molecule has 2 aromatic heterocycles. The molecule has 1 fully saturated rings. The lowest BCUT2D eigenvalue weighted by Crippen LogP contribution is -2.33. The summed E-state index contributed by atoms with van der Waals surface area (Å²) in [4.78, 5) is 45.0. The van der Waals surface area contributed by atoms with Crippen molar-refractivity contribution >= 4 is 34.9 Å². The topological polar surface area (TPSA) is 114 Å². The second kappa shape index (κ2) is 9.74. The van der Waals surface area contributed by atoms with Gasteiger partial charge in [-0.25, -0.2) is 14.2 Å². The van der Waals surface area contributed by atoms with E-state index in [1.165, 1.54) is 47.6 Å². The molecule has 1 unspecified atom stereocenters. The Morgan fingerprint density at radius 1 is 1.24 bits per heavy atom. The van der Waals surface area contributed by atoms with E-state index in [1.807, 2.05) is 5.38 Å². The zero-order chi connectivity index (χ0) is 23.4. The van der Waals surface area contributed by atoms with E-state index < -0.39 is 18.0 Å². The van der Waals surface area contributed by atoms with Crippen LogP contribution in [0.2, 0.25) is 0 Å². The van der Waals surface area contributed by atoms with Crippen LogP contribution in [0.25, 0.3) is 11.1 Å². The van der Waals surface area contributed by atoms with Gasteiger partial charge in [-0.05, 0) is 24.3 Å². The number of rotatable bonds is 7. The minimum atomic E-state index is -0.604. The number of aromatic nitrogens is 2. The molecule has 1 aliphatic heterocycles. The first kappa shape index (κ1) is 22.3. The summed E-state index contributed by atoms with van der Waals surface area (Å²) in [6, 6.07) is 7.51. The van der Waals surface area contributed by atoms with Gasteiger partial charge in [-0.1, -0.05) is 6.07 Å². The number of cyclic esters (lactones) is 1. The molecule has 0 spiro atoms. The molecule has 1 atom stereocenters. The lowest BCUT2D eigenvalue weighted by molar-refractivity contribution is -0.119. The van der Waals surface area contributed by atoms with Crippen molar-refractivity contribution in [2.75, 3.05) is 18.0 Å². The maximum absolute atomic E-state index is 14.9. The summed E-state index contributed by atoms with van der Waals surface area (Å²) < 4.78 is 20.1. The average molecular weight is 469 g/mol. The number of thiazole rings is 1. The highest BCUT2D eigenvalue weighted by Crippen LogP contribution is 2.29. The fourth-order valence-electron chi connectivity index (χ4n) is 3.28. The number of amides is 3. The number of benzene rings is 1. The molecule has 0 aliphatic carbocycles. The van der Waals surface area contributed by atoms with Gasteiger partial charge in [0.15, 0.2) is 0 Å². The van der Waals surface area contributed by atoms with Crippen molar-refractivity contribution in [1.82, 2.24) is 20.6 Å². The predicted molar refractivity (Wildman–Crippen MR) is 119 cm³/mol. The first-order valence-electron chi connectivity index (χ1n) is 10.1. The zero-order valence-corrected chi connectivity index (χ0v) is 18.4. The molecule has 3 aromatic rings. The summed E-state index contributed by atoms with van der Waals surface area (Å²) in [5.41, 5.74) is 1.32. The van der Waals surface area contributed by atoms with Crippen molar-refractivity contribution < 1.29 is 23.5 Å². The number of carbonyl (C=O) groups excluding carboxylic acids is 3. The summed E-state index contributed by atoms with van der Waals surface area (Å²) >= 11 is 1.44. The highest BCUT2D eigenvalue weighted by atomic mass is 32.1. The standard InChI is InChI=1S/C22H20FN5O4S/c1-13(29)25-10-16-12-28(22(31)32-16)15-3-4-17(18(23)8-15)14-2-5-19(26-9-14)21(30)27-11-20-24-6-7-33-20/h2-9,16H,10-12H2,1H3,(H,25,29)(H,27,30). The van der Waals surface area contributed by atoms with Crippen LogP contribution in [-0.4, -0.2) is 47.1 Å². The molecule has 170 valence electrons. The third kappa shape index (κ3) is 5.32. The highest BCUT2D eigenvalue weighted by molar-refractivity contribution is 7.09. The molecule has 33 heavy (non-hydrogen) atoms. The smallest absolute Gasteiger partial charge is 0.414 e. The minimum Gasteiger partial charge on any atom is -0.442 e. The van der Waals surface area contributed by atoms with Crippen LogP contribution in [0.4, 0.5) is 14.9 Å². The Hall–Kier alpha value is -3.86. The maximum atomic E-state index is 14.9. The van der Waals surface area contributed by atoms with E-state index in [0.717, 1.165) is 5.01 Å². The monoisotopic (exact) mass is 469 g/mol. The SMILES string of the molecule is CC(=O)NCC1CN(c2ccc(-c3ccc(C(=O)NCc4nccs4)nc3)c(F)c2)C(=O)O1. The first-order valence-corrected chi connectivity index (χ1v) is 10.9. The van der Waals surface area contributed by atoms with Crippen LogP contribution in [0, 0.1) is 5.82 Å². The third-order valence-electron chi connectivity index (χ3n) is 4.91. The molecular formula is C22H20FN5O4S. The number of nitrogens with one attached hydrogen (secondary N) is 2. The molecular weight excluding hydrogens is 449 g/mol. The summed E-state index contributed by atoms with van der Waals surface area (Å²) in [5.74, 6) is -1.13. The molecule has 0 radical (unpaired) electrons. The summed E-state index contributed by atoms with van der Waals surface area (Å²) in [6.45, 7) is 2.07. The second-order valence-corrected chi connectivity index (χ2v) is 8.24. The number of anilines is 1. The highest BCUT2D eigenvalue weighted by Gasteiger charge is 2.32. The maximum Gasteiger partial charge on any atom is 0.414 e. The molecule has 1 aliphatic rings. The molecule has 9 nitrogen and oxygen atoms in total. The molecule has 0 saturated carbocycles. The lowest BCUT2D eigenvalue weighted by atomic mass is 10.1. The average Bonchev–Trinajstić information content (AvgIpc) is 3.45. The van der Waals surface area contributed by atoms with Crippen LogP contribution in [0.15, 0.2) is 48.1 Å². The number of ether oxygens (including phenoxy) is 1. The number of halogens is 1. The van der Waals surface area contributed by atoms with Gasteiger partial charge in [0.2, 0.25) is 5.91 Å². The third-order valence-corrected chi connectivity index (χ3v) is 5.69. The van der Waals surface area contributed by atoms with Crippen LogP contribution in [-0.2, 0) is 16.1 Å². The quantitative estimate of drug-likeness (QED) is 0.550. The molecule has 3 amide bonds. The van der Waals surface area contributed by atoms with E-state index in [4.69, 9.17) is 4.74 Å². The molecule has 0 bridgehead atoms. The Morgan fingerprint density at radius 2 is 2.09 bits per heavy atom. The van der Waals surface area contributed by atoms with E-state index >= 15 is 0 Å². The van der Waals surface area contributed by atoms with Gasteiger partial charge >= 0.3 is 6.09 Å². The molecule has 1 saturated heterocycles. The van der Waals surface area contributed by atoms with Crippen LogP contribution in [0.5, 0.6) is 0 Å². The van der Waals surface area contributed by atoms with E-state index in [2.05, 4.69) is 20.6 Å². The van der Waals surface area contributed by atoms with Crippen LogP contribution in [0.3, 0.4) is 0 Å². The number of hydrogen-bond donors (Lipinski definition) is 2. The minimum absolute atomic E-state index is 0.188. The Bertz CT molecular complexity index is 1170. The van der Waals surface area contributed by atoms with E-state index in [9.17, 15) is 18.8 Å². The van der Waals surface area contributed by atoms with Crippen LogP contribution in [0.1, 0.15) is 22.4 Å². The van der Waals surface area contributed by atoms with Crippen molar-refractivity contribution in [1.29, 1.82) is 0 Å². The molecule has 11 heteroatoms. The van der Waals surface area contributed by atoms with Crippen molar-refractivity contribution in [3.8, 4) is 11.1 Å². The Balaban J connectivity index is 1.42. The molecule has 1 aromatic carbocycles. The van der Waals surface area contributed by atoms with Gasteiger partial charge < -0.3 is 15.4 Å². The number of nitrogens with zero attached hydrogens (tertiary/aromatic N) is 3. The molecule has 3 heterocycles. The summed E-state index contributed by atoms with van der Waals surface area (Å²) in [7, 11) is 0. The number of carbonyl (C=O) groups is 3. The fraction of sp³-hybridized carbons (Fsp3) is 0.227. The fourth-order valence-corrected chi connectivity index (χ4v) is 3.83. The van der Waals surface area contributed by atoms with Crippen LogP contribution < -0.4 is 15.5 Å².